The molecule has 3 aromatic rings. The van der Waals surface area contributed by atoms with Crippen molar-refractivity contribution in [1.82, 2.24) is 14.8 Å². The van der Waals surface area contributed by atoms with Crippen molar-refractivity contribution < 1.29 is 14.3 Å². The van der Waals surface area contributed by atoms with Crippen molar-refractivity contribution in [3.8, 4) is 28.8 Å². The number of anilines is 1. The second-order valence-corrected chi connectivity index (χ2v) is 5.74. The van der Waals surface area contributed by atoms with Crippen LogP contribution in [0.5, 0.6) is 11.8 Å². The molecule has 0 aliphatic carbocycles. The lowest BCUT2D eigenvalue weighted by Gasteiger charge is -2.08. The zero-order chi connectivity index (χ0) is 19.2. The lowest BCUT2D eigenvalue weighted by atomic mass is 10.2. The molecule has 0 aliphatic rings. The summed E-state index contributed by atoms with van der Waals surface area (Å²) in [7, 11) is 1.62. The monoisotopic (exact) mass is 366 g/mol. The summed E-state index contributed by atoms with van der Waals surface area (Å²) in [5.74, 6) is 1.35. The van der Waals surface area contributed by atoms with Gasteiger partial charge in [0.25, 0.3) is 0 Å². The van der Waals surface area contributed by atoms with Crippen LogP contribution in [-0.2, 0) is 4.79 Å². The first-order valence-corrected chi connectivity index (χ1v) is 8.79. The van der Waals surface area contributed by atoms with Gasteiger partial charge < -0.3 is 14.8 Å². The predicted octanol–water partition coefficient (Wildman–Crippen LogP) is 3.69. The molecule has 3 rings (SSSR count). The Bertz CT molecular complexity index is 919. The number of hydrogen-bond donors (Lipinski definition) is 1. The van der Waals surface area contributed by atoms with Crippen molar-refractivity contribution in [2.45, 2.75) is 20.3 Å². The van der Waals surface area contributed by atoms with Crippen LogP contribution in [0.2, 0.25) is 0 Å². The van der Waals surface area contributed by atoms with E-state index in [0.717, 1.165) is 22.7 Å². The van der Waals surface area contributed by atoms with Gasteiger partial charge in [-0.2, -0.15) is 4.98 Å². The maximum atomic E-state index is 11.5. The van der Waals surface area contributed by atoms with E-state index in [-0.39, 0.29) is 5.91 Å². The highest BCUT2D eigenvalue weighted by Crippen LogP contribution is 2.27. The molecule has 7 nitrogen and oxygen atoms in total. The molecule has 0 bridgehead atoms. The van der Waals surface area contributed by atoms with Crippen molar-refractivity contribution in [1.29, 1.82) is 0 Å². The van der Waals surface area contributed by atoms with Crippen LogP contribution in [0.15, 0.2) is 48.5 Å². The van der Waals surface area contributed by atoms with E-state index in [1.165, 1.54) is 0 Å². The fourth-order valence-corrected chi connectivity index (χ4v) is 2.55. The van der Waals surface area contributed by atoms with Gasteiger partial charge in [0.15, 0.2) is 5.82 Å². The first kappa shape index (κ1) is 18.4. The number of nitrogens with zero attached hydrogens (tertiary/aromatic N) is 3. The Morgan fingerprint density at radius 1 is 1.15 bits per heavy atom. The van der Waals surface area contributed by atoms with E-state index in [0.29, 0.717) is 24.9 Å². The third-order valence-electron chi connectivity index (χ3n) is 3.91. The average molecular weight is 366 g/mol. The molecule has 0 spiro atoms. The molecular weight excluding hydrogens is 344 g/mol. The molecular formula is C20H22N4O3. The molecule has 0 aliphatic heterocycles. The minimum Gasteiger partial charge on any atom is -0.497 e. The summed E-state index contributed by atoms with van der Waals surface area (Å²) >= 11 is 0. The van der Waals surface area contributed by atoms with E-state index >= 15 is 0 Å². The highest BCUT2D eigenvalue weighted by atomic mass is 16.5. The number of benzene rings is 2. The molecule has 0 unspecified atom stereocenters. The van der Waals surface area contributed by atoms with Gasteiger partial charge in [0.1, 0.15) is 5.75 Å². The van der Waals surface area contributed by atoms with Crippen molar-refractivity contribution in [3.63, 3.8) is 0 Å². The predicted molar refractivity (Wildman–Crippen MR) is 103 cm³/mol. The topological polar surface area (TPSA) is 78.3 Å². The van der Waals surface area contributed by atoms with Gasteiger partial charge in [-0.05, 0) is 43.3 Å². The first-order chi connectivity index (χ1) is 13.1. The second-order valence-electron chi connectivity index (χ2n) is 5.74. The maximum Gasteiger partial charge on any atom is 0.336 e. The number of amides is 1. The van der Waals surface area contributed by atoms with Crippen molar-refractivity contribution in [2.24, 2.45) is 0 Å². The Labute approximate surface area is 158 Å². The lowest BCUT2D eigenvalue weighted by Crippen LogP contribution is -2.09. The van der Waals surface area contributed by atoms with E-state index in [9.17, 15) is 4.79 Å². The highest BCUT2D eigenvalue weighted by Gasteiger charge is 2.15. The zero-order valence-electron chi connectivity index (χ0n) is 15.6. The summed E-state index contributed by atoms with van der Waals surface area (Å²) in [5, 5.41) is 7.30. The van der Waals surface area contributed by atoms with Crippen LogP contribution in [0.1, 0.15) is 20.3 Å². The number of aromatic nitrogens is 3. The minimum atomic E-state index is -0.0285. The normalized spacial score (nSPS) is 10.5. The summed E-state index contributed by atoms with van der Waals surface area (Å²) in [6, 6.07) is 15.3. The van der Waals surface area contributed by atoms with Crippen LogP contribution in [0.4, 0.5) is 5.69 Å². The number of carbonyl (C=O) groups is 1. The van der Waals surface area contributed by atoms with Crippen LogP contribution in [0.3, 0.4) is 0 Å². The number of ether oxygens (including phenoxy) is 2. The lowest BCUT2D eigenvalue weighted by molar-refractivity contribution is -0.115. The number of rotatable bonds is 7. The van der Waals surface area contributed by atoms with E-state index < -0.39 is 0 Å². The Hall–Kier alpha value is -3.35. The Morgan fingerprint density at radius 3 is 2.59 bits per heavy atom. The van der Waals surface area contributed by atoms with Crippen LogP contribution in [0.25, 0.3) is 17.1 Å². The molecule has 1 N–H and O–H groups in total. The quantitative estimate of drug-likeness (QED) is 0.690. The van der Waals surface area contributed by atoms with Gasteiger partial charge in [-0.1, -0.05) is 19.1 Å². The molecule has 1 aromatic heterocycles. The van der Waals surface area contributed by atoms with Crippen LogP contribution >= 0.6 is 0 Å². The van der Waals surface area contributed by atoms with Gasteiger partial charge >= 0.3 is 6.01 Å². The van der Waals surface area contributed by atoms with Crippen LogP contribution < -0.4 is 14.8 Å². The smallest absolute Gasteiger partial charge is 0.336 e. The van der Waals surface area contributed by atoms with Gasteiger partial charge in [-0.3, -0.25) is 4.79 Å². The van der Waals surface area contributed by atoms with Gasteiger partial charge in [0, 0.05) is 17.7 Å². The SMILES string of the molecule is CCOc1nc(-c2cccc(OC)c2)n(-c2ccc(NC(=O)CC)cc2)n1. The summed E-state index contributed by atoms with van der Waals surface area (Å²) in [6.45, 7) is 4.18. The molecule has 1 heterocycles. The third kappa shape index (κ3) is 4.25. The maximum absolute atomic E-state index is 11.5. The fraction of sp³-hybridized carbons (Fsp3) is 0.250. The number of carbonyl (C=O) groups excluding carboxylic acids is 1. The van der Waals surface area contributed by atoms with Crippen LogP contribution in [-0.4, -0.2) is 34.4 Å². The zero-order valence-corrected chi connectivity index (χ0v) is 15.6. The summed E-state index contributed by atoms with van der Waals surface area (Å²) in [6.07, 6.45) is 0.433. The summed E-state index contributed by atoms with van der Waals surface area (Å²) < 4.78 is 12.5. The molecule has 27 heavy (non-hydrogen) atoms. The second kappa shape index (κ2) is 8.35. The Kier molecular flexibility index (Phi) is 5.71. The van der Waals surface area contributed by atoms with E-state index in [2.05, 4.69) is 15.4 Å². The van der Waals surface area contributed by atoms with E-state index in [4.69, 9.17) is 9.47 Å². The first-order valence-electron chi connectivity index (χ1n) is 8.79. The highest BCUT2D eigenvalue weighted by molar-refractivity contribution is 5.90. The summed E-state index contributed by atoms with van der Waals surface area (Å²) in [5.41, 5.74) is 2.40. The molecule has 1 amide bonds. The Balaban J connectivity index is 1.99. The van der Waals surface area contributed by atoms with Gasteiger partial charge in [0.2, 0.25) is 5.91 Å². The molecule has 0 radical (unpaired) electrons. The third-order valence-corrected chi connectivity index (χ3v) is 3.91. The average Bonchev–Trinajstić information content (AvgIpc) is 3.12. The van der Waals surface area contributed by atoms with Gasteiger partial charge in [-0.25, -0.2) is 4.68 Å². The van der Waals surface area contributed by atoms with Crippen LogP contribution in [0, 0.1) is 0 Å². The molecule has 0 saturated carbocycles. The minimum absolute atomic E-state index is 0.0285. The van der Waals surface area contributed by atoms with Gasteiger partial charge in [-0.15, -0.1) is 5.10 Å². The molecule has 0 atom stereocenters. The summed E-state index contributed by atoms with van der Waals surface area (Å²) in [4.78, 5) is 16.1. The number of hydrogen-bond acceptors (Lipinski definition) is 5. The molecule has 0 fully saturated rings. The largest absolute Gasteiger partial charge is 0.497 e. The molecule has 7 heteroatoms. The Morgan fingerprint density at radius 2 is 1.93 bits per heavy atom. The van der Waals surface area contributed by atoms with E-state index in [1.807, 2.05) is 62.4 Å². The fourth-order valence-electron chi connectivity index (χ4n) is 2.55. The van der Waals surface area contributed by atoms with Crippen molar-refractivity contribution in [2.75, 3.05) is 19.0 Å². The van der Waals surface area contributed by atoms with Crippen molar-refractivity contribution >= 4 is 11.6 Å². The molecule has 2 aromatic carbocycles. The number of nitrogens with one attached hydrogen (secondary N) is 1. The van der Waals surface area contributed by atoms with Crippen molar-refractivity contribution in [3.05, 3.63) is 48.5 Å². The van der Waals surface area contributed by atoms with E-state index in [1.54, 1.807) is 11.8 Å². The molecule has 0 saturated heterocycles. The number of methoxy groups -OCH3 is 1. The van der Waals surface area contributed by atoms with Gasteiger partial charge in [0.05, 0.1) is 19.4 Å². The molecule has 140 valence electrons. The standard InChI is InChI=1S/C20H22N4O3/c1-4-18(25)21-15-9-11-16(12-10-15)24-19(22-20(23-24)27-5-2)14-7-6-8-17(13-14)26-3/h6-13H,4-5H2,1-3H3,(H,21,25).